The monoisotopic (exact) mass is 362 g/mol. The topological polar surface area (TPSA) is 59.6 Å². The summed E-state index contributed by atoms with van der Waals surface area (Å²) in [5, 5.41) is 6.64. The van der Waals surface area contributed by atoms with Crippen molar-refractivity contribution in [3.63, 3.8) is 0 Å². The van der Waals surface area contributed by atoms with Crippen LogP contribution < -0.4 is 15.4 Å². The summed E-state index contributed by atoms with van der Waals surface area (Å²) in [6.07, 6.45) is 0. The fourth-order valence-corrected chi connectivity index (χ4v) is 2.77. The van der Waals surface area contributed by atoms with Crippen LogP contribution in [0.5, 0.6) is 5.75 Å². The Hall–Kier alpha value is -2.08. The lowest BCUT2D eigenvalue weighted by atomic mass is 10.0. The standard InChI is InChI=1S/C19H23ClN2O3/c1-13(12-24-2)21-18(14-7-5-4-6-8-14)19(23)22-15-9-10-17(25-3)16(20)11-15/h4-11,13,18,21H,12H2,1-3H3,(H,22,23)/t13-,18-/m0/s1. The van der Waals surface area contributed by atoms with Gasteiger partial charge in [0.25, 0.3) is 0 Å². The highest BCUT2D eigenvalue weighted by atomic mass is 35.5. The van der Waals surface area contributed by atoms with E-state index in [0.29, 0.717) is 23.1 Å². The molecule has 0 aliphatic carbocycles. The van der Waals surface area contributed by atoms with Gasteiger partial charge in [-0.3, -0.25) is 10.1 Å². The van der Waals surface area contributed by atoms with Crippen LogP contribution in [0.15, 0.2) is 48.5 Å². The molecular weight excluding hydrogens is 340 g/mol. The largest absolute Gasteiger partial charge is 0.495 e. The van der Waals surface area contributed by atoms with Gasteiger partial charge in [-0.05, 0) is 30.7 Å². The number of rotatable bonds is 8. The third-order valence-electron chi connectivity index (χ3n) is 3.68. The molecule has 25 heavy (non-hydrogen) atoms. The van der Waals surface area contributed by atoms with Gasteiger partial charge in [0.05, 0.1) is 18.7 Å². The Morgan fingerprint density at radius 2 is 1.88 bits per heavy atom. The number of methoxy groups -OCH3 is 2. The first-order chi connectivity index (χ1) is 12.0. The summed E-state index contributed by atoms with van der Waals surface area (Å²) in [5.41, 5.74) is 1.49. The van der Waals surface area contributed by atoms with Crippen LogP contribution in [0.4, 0.5) is 5.69 Å². The van der Waals surface area contributed by atoms with Crippen LogP contribution in [0, 0.1) is 0 Å². The van der Waals surface area contributed by atoms with Crippen molar-refractivity contribution in [2.24, 2.45) is 0 Å². The van der Waals surface area contributed by atoms with Crippen molar-refractivity contribution in [3.05, 3.63) is 59.1 Å². The number of anilines is 1. The van der Waals surface area contributed by atoms with Gasteiger partial charge in [-0.15, -0.1) is 0 Å². The molecule has 2 N–H and O–H groups in total. The lowest BCUT2D eigenvalue weighted by molar-refractivity contribution is -0.118. The second-order valence-corrected chi connectivity index (χ2v) is 6.11. The molecule has 2 atom stereocenters. The summed E-state index contributed by atoms with van der Waals surface area (Å²) in [7, 11) is 3.18. The highest BCUT2D eigenvalue weighted by Crippen LogP contribution is 2.27. The molecule has 0 aliphatic rings. The molecule has 0 saturated heterocycles. The van der Waals surface area contributed by atoms with Crippen molar-refractivity contribution in [3.8, 4) is 5.75 Å². The average molecular weight is 363 g/mol. The zero-order valence-electron chi connectivity index (χ0n) is 14.6. The van der Waals surface area contributed by atoms with Crippen molar-refractivity contribution >= 4 is 23.2 Å². The van der Waals surface area contributed by atoms with E-state index >= 15 is 0 Å². The molecule has 2 rings (SSSR count). The van der Waals surface area contributed by atoms with Crippen LogP contribution in [0.2, 0.25) is 5.02 Å². The molecule has 5 nitrogen and oxygen atoms in total. The third-order valence-corrected chi connectivity index (χ3v) is 3.98. The van der Waals surface area contributed by atoms with Crippen LogP contribution in [0.25, 0.3) is 0 Å². The average Bonchev–Trinajstić information content (AvgIpc) is 2.61. The molecule has 0 bridgehead atoms. The number of carbonyl (C=O) groups is 1. The lowest BCUT2D eigenvalue weighted by Gasteiger charge is -2.23. The van der Waals surface area contributed by atoms with Gasteiger partial charge in [0.15, 0.2) is 0 Å². The summed E-state index contributed by atoms with van der Waals surface area (Å²) in [6.45, 7) is 2.47. The van der Waals surface area contributed by atoms with Gasteiger partial charge >= 0.3 is 0 Å². The lowest BCUT2D eigenvalue weighted by Crippen LogP contribution is -2.40. The first-order valence-corrected chi connectivity index (χ1v) is 8.37. The molecular formula is C19H23ClN2O3. The SMILES string of the molecule is COC[C@H](C)N[C@H](C(=O)Nc1ccc(OC)c(Cl)c1)c1ccccc1. The number of benzene rings is 2. The van der Waals surface area contributed by atoms with Gasteiger partial charge in [0.1, 0.15) is 11.8 Å². The molecule has 0 fully saturated rings. The number of nitrogens with one attached hydrogen (secondary N) is 2. The summed E-state index contributed by atoms with van der Waals surface area (Å²) >= 11 is 6.13. The summed E-state index contributed by atoms with van der Waals surface area (Å²) < 4.78 is 10.3. The van der Waals surface area contributed by atoms with E-state index in [4.69, 9.17) is 21.1 Å². The van der Waals surface area contributed by atoms with Gasteiger partial charge < -0.3 is 14.8 Å². The van der Waals surface area contributed by atoms with Gasteiger partial charge in [-0.25, -0.2) is 0 Å². The third kappa shape index (κ3) is 5.46. The highest BCUT2D eigenvalue weighted by Gasteiger charge is 2.22. The Labute approximate surface area is 153 Å². The fraction of sp³-hybridized carbons (Fsp3) is 0.316. The van der Waals surface area contributed by atoms with Gasteiger partial charge in [0, 0.05) is 18.8 Å². The van der Waals surface area contributed by atoms with E-state index in [1.807, 2.05) is 37.3 Å². The molecule has 2 aromatic rings. The first-order valence-electron chi connectivity index (χ1n) is 7.99. The minimum atomic E-state index is -0.507. The summed E-state index contributed by atoms with van der Waals surface area (Å²) in [4.78, 5) is 12.8. The zero-order chi connectivity index (χ0) is 18.2. The molecule has 0 heterocycles. The molecule has 2 aromatic carbocycles. The zero-order valence-corrected chi connectivity index (χ0v) is 15.3. The molecule has 0 radical (unpaired) electrons. The molecule has 0 unspecified atom stereocenters. The van der Waals surface area contributed by atoms with Gasteiger partial charge in [0.2, 0.25) is 5.91 Å². The molecule has 0 aromatic heterocycles. The molecule has 0 saturated carbocycles. The van der Waals surface area contributed by atoms with Crippen molar-refractivity contribution in [2.75, 3.05) is 26.1 Å². The van der Waals surface area contributed by atoms with E-state index in [0.717, 1.165) is 5.56 Å². The minimum Gasteiger partial charge on any atom is -0.495 e. The predicted octanol–water partition coefficient (Wildman–Crippen LogP) is 3.65. The molecule has 1 amide bonds. The number of carbonyl (C=O) groups excluding carboxylic acids is 1. The van der Waals surface area contributed by atoms with E-state index in [1.54, 1.807) is 32.4 Å². The summed E-state index contributed by atoms with van der Waals surface area (Å²) in [6, 6.07) is 14.2. The Balaban J connectivity index is 2.18. The molecule has 6 heteroatoms. The van der Waals surface area contributed by atoms with Crippen LogP contribution in [0.1, 0.15) is 18.5 Å². The maximum atomic E-state index is 12.8. The number of halogens is 1. The van der Waals surface area contributed by atoms with E-state index in [2.05, 4.69) is 10.6 Å². The second kappa shape index (κ2) is 9.42. The quantitative estimate of drug-likeness (QED) is 0.752. The Bertz CT molecular complexity index is 694. The Morgan fingerprint density at radius 3 is 2.48 bits per heavy atom. The molecule has 134 valence electrons. The van der Waals surface area contributed by atoms with Crippen LogP contribution >= 0.6 is 11.6 Å². The Kier molecular flexibility index (Phi) is 7.25. The highest BCUT2D eigenvalue weighted by molar-refractivity contribution is 6.32. The maximum absolute atomic E-state index is 12.8. The van der Waals surface area contributed by atoms with Crippen molar-refractivity contribution in [1.29, 1.82) is 0 Å². The van der Waals surface area contributed by atoms with Crippen molar-refractivity contribution in [1.82, 2.24) is 5.32 Å². The maximum Gasteiger partial charge on any atom is 0.246 e. The van der Waals surface area contributed by atoms with E-state index in [-0.39, 0.29) is 11.9 Å². The van der Waals surface area contributed by atoms with E-state index < -0.39 is 6.04 Å². The number of ether oxygens (including phenoxy) is 2. The van der Waals surface area contributed by atoms with Crippen LogP contribution in [0.3, 0.4) is 0 Å². The smallest absolute Gasteiger partial charge is 0.246 e. The predicted molar refractivity (Wildman–Crippen MR) is 100 cm³/mol. The van der Waals surface area contributed by atoms with E-state index in [9.17, 15) is 4.79 Å². The van der Waals surface area contributed by atoms with Crippen molar-refractivity contribution in [2.45, 2.75) is 19.0 Å². The minimum absolute atomic E-state index is 0.0143. The fourth-order valence-electron chi connectivity index (χ4n) is 2.51. The first kappa shape index (κ1) is 19.2. The second-order valence-electron chi connectivity index (χ2n) is 5.71. The normalized spacial score (nSPS) is 13.1. The van der Waals surface area contributed by atoms with E-state index in [1.165, 1.54) is 0 Å². The number of hydrogen-bond acceptors (Lipinski definition) is 4. The number of amides is 1. The van der Waals surface area contributed by atoms with Gasteiger partial charge in [-0.1, -0.05) is 41.9 Å². The number of hydrogen-bond donors (Lipinski definition) is 2. The van der Waals surface area contributed by atoms with Gasteiger partial charge in [-0.2, -0.15) is 0 Å². The molecule has 0 aliphatic heterocycles. The van der Waals surface area contributed by atoms with Crippen LogP contribution in [-0.4, -0.2) is 32.8 Å². The molecule has 0 spiro atoms. The Morgan fingerprint density at radius 1 is 1.16 bits per heavy atom. The van der Waals surface area contributed by atoms with Crippen molar-refractivity contribution < 1.29 is 14.3 Å². The summed E-state index contributed by atoms with van der Waals surface area (Å²) in [5.74, 6) is 0.390. The van der Waals surface area contributed by atoms with Crippen LogP contribution in [-0.2, 0) is 9.53 Å².